The maximum atomic E-state index is 12.0. The molecule has 0 aromatic carbocycles. The Hall–Kier alpha value is -0.360. The molecule has 1 fully saturated rings. The highest BCUT2D eigenvalue weighted by molar-refractivity contribution is 7.09. The normalized spacial score (nSPS) is 16.3. The van der Waals surface area contributed by atoms with Crippen molar-refractivity contribution < 1.29 is 4.79 Å². The van der Waals surface area contributed by atoms with Gasteiger partial charge in [0.15, 0.2) is 0 Å². The van der Waals surface area contributed by atoms with E-state index in [-0.39, 0.29) is 36.3 Å². The van der Waals surface area contributed by atoms with Gasteiger partial charge in [-0.05, 0) is 45.6 Å². The highest BCUT2D eigenvalue weighted by Gasteiger charge is 2.29. The molecule has 1 atom stereocenters. The van der Waals surface area contributed by atoms with Crippen molar-refractivity contribution >= 4 is 42.1 Å². The largest absolute Gasteiger partial charge is 0.343 e. The summed E-state index contributed by atoms with van der Waals surface area (Å²) in [7, 11) is 0. The van der Waals surface area contributed by atoms with E-state index in [1.54, 1.807) is 11.3 Å². The van der Waals surface area contributed by atoms with Crippen LogP contribution in [0.5, 0.6) is 0 Å². The number of thiazole rings is 1. The summed E-state index contributed by atoms with van der Waals surface area (Å²) in [5, 5.41) is 9.35. The number of aromatic nitrogens is 1. The van der Waals surface area contributed by atoms with Crippen molar-refractivity contribution in [1.82, 2.24) is 15.6 Å². The van der Waals surface area contributed by atoms with Crippen LogP contribution in [0, 0.1) is 12.8 Å². The van der Waals surface area contributed by atoms with E-state index < -0.39 is 0 Å². The summed E-state index contributed by atoms with van der Waals surface area (Å²) in [6.07, 6.45) is 3.45. The molecule has 1 aliphatic carbocycles. The molecule has 4 nitrogen and oxygen atoms in total. The Morgan fingerprint density at radius 2 is 2.14 bits per heavy atom. The molecule has 1 unspecified atom stereocenters. The monoisotopic (exact) mass is 353 g/mol. The zero-order valence-corrected chi connectivity index (χ0v) is 15.2. The second kappa shape index (κ2) is 8.93. The van der Waals surface area contributed by atoms with Gasteiger partial charge in [0.1, 0.15) is 5.01 Å². The number of rotatable bonds is 7. The first kappa shape index (κ1) is 20.6. The molecule has 0 radical (unpaired) electrons. The maximum Gasteiger partial charge on any atom is 0.234 e. The number of hydrogen-bond acceptors (Lipinski definition) is 4. The van der Waals surface area contributed by atoms with E-state index in [4.69, 9.17) is 0 Å². The molecule has 21 heavy (non-hydrogen) atoms. The summed E-state index contributed by atoms with van der Waals surface area (Å²) < 4.78 is 0. The smallest absolute Gasteiger partial charge is 0.234 e. The van der Waals surface area contributed by atoms with E-state index in [0.29, 0.717) is 6.54 Å². The predicted molar refractivity (Wildman–Crippen MR) is 92.7 cm³/mol. The number of hydrogen-bond donors (Lipinski definition) is 2. The topological polar surface area (TPSA) is 54.0 Å². The Morgan fingerprint density at radius 1 is 1.48 bits per heavy atom. The van der Waals surface area contributed by atoms with Crippen LogP contribution in [-0.4, -0.2) is 24.0 Å². The third kappa shape index (κ3) is 6.10. The van der Waals surface area contributed by atoms with Crippen LogP contribution < -0.4 is 10.6 Å². The van der Waals surface area contributed by atoms with Gasteiger partial charge in [0, 0.05) is 11.1 Å². The SMILES string of the molecule is CCC(C)(NC(=O)CNCC1CC1)c1nc(C)cs1.Cl.Cl. The Labute approximate surface area is 143 Å². The van der Waals surface area contributed by atoms with Gasteiger partial charge in [0.25, 0.3) is 0 Å². The van der Waals surface area contributed by atoms with Gasteiger partial charge in [-0.15, -0.1) is 36.2 Å². The Morgan fingerprint density at radius 3 is 2.62 bits per heavy atom. The van der Waals surface area contributed by atoms with E-state index in [1.807, 2.05) is 19.2 Å². The third-order valence-corrected chi connectivity index (χ3v) is 4.85. The first-order chi connectivity index (χ1) is 9.03. The van der Waals surface area contributed by atoms with Gasteiger partial charge in [-0.2, -0.15) is 0 Å². The zero-order valence-electron chi connectivity index (χ0n) is 12.8. The number of nitrogens with one attached hydrogen (secondary N) is 2. The molecule has 1 aromatic heterocycles. The molecular weight excluding hydrogens is 329 g/mol. The summed E-state index contributed by atoms with van der Waals surface area (Å²) in [4.78, 5) is 16.5. The van der Waals surface area contributed by atoms with Crippen LogP contribution in [0.2, 0.25) is 0 Å². The van der Waals surface area contributed by atoms with Crippen LogP contribution in [0.1, 0.15) is 43.8 Å². The van der Waals surface area contributed by atoms with Gasteiger partial charge in [-0.3, -0.25) is 4.79 Å². The van der Waals surface area contributed by atoms with Crippen molar-refractivity contribution in [2.45, 2.75) is 45.6 Å². The minimum absolute atomic E-state index is 0. The quantitative estimate of drug-likeness (QED) is 0.791. The van der Waals surface area contributed by atoms with Gasteiger partial charge < -0.3 is 10.6 Å². The zero-order chi connectivity index (χ0) is 13.9. The molecule has 1 heterocycles. The van der Waals surface area contributed by atoms with E-state index in [1.165, 1.54) is 12.8 Å². The summed E-state index contributed by atoms with van der Waals surface area (Å²) in [6, 6.07) is 0. The third-order valence-electron chi connectivity index (χ3n) is 3.63. The van der Waals surface area contributed by atoms with Crippen LogP contribution in [0.3, 0.4) is 0 Å². The molecule has 0 bridgehead atoms. The molecule has 1 aromatic rings. The summed E-state index contributed by atoms with van der Waals surface area (Å²) >= 11 is 1.62. The summed E-state index contributed by atoms with van der Waals surface area (Å²) in [5.41, 5.74) is 0.665. The summed E-state index contributed by atoms with van der Waals surface area (Å²) in [5.74, 6) is 0.852. The summed E-state index contributed by atoms with van der Waals surface area (Å²) in [6.45, 7) is 7.47. The lowest BCUT2D eigenvalue weighted by atomic mass is 10.00. The standard InChI is InChI=1S/C14H23N3OS.2ClH/c1-4-14(3,13-16-10(2)9-19-13)17-12(18)8-15-7-11-5-6-11;;/h9,11,15H,4-8H2,1-3H3,(H,17,18);2*1H. The van der Waals surface area contributed by atoms with Crippen LogP contribution >= 0.6 is 36.2 Å². The van der Waals surface area contributed by atoms with Crippen LogP contribution in [0.15, 0.2) is 5.38 Å². The number of halogens is 2. The number of carbonyl (C=O) groups excluding carboxylic acids is 1. The number of amides is 1. The molecule has 1 aliphatic rings. The van der Waals surface area contributed by atoms with Crippen LogP contribution in [0.4, 0.5) is 0 Å². The molecule has 2 N–H and O–H groups in total. The van der Waals surface area contributed by atoms with Crippen molar-refractivity contribution in [2.75, 3.05) is 13.1 Å². The highest BCUT2D eigenvalue weighted by Crippen LogP contribution is 2.28. The second-order valence-electron chi connectivity index (χ2n) is 5.60. The number of aryl methyl sites for hydroxylation is 1. The van der Waals surface area contributed by atoms with Crippen molar-refractivity contribution in [2.24, 2.45) is 5.92 Å². The molecule has 0 aliphatic heterocycles. The fourth-order valence-electron chi connectivity index (χ4n) is 1.96. The number of carbonyl (C=O) groups is 1. The van der Waals surface area contributed by atoms with Gasteiger partial charge in [0.2, 0.25) is 5.91 Å². The Balaban J connectivity index is 0.00000200. The average Bonchev–Trinajstić information content (AvgIpc) is 3.08. The number of nitrogens with zero attached hydrogens (tertiary/aromatic N) is 1. The lowest BCUT2D eigenvalue weighted by Gasteiger charge is -2.27. The van der Waals surface area contributed by atoms with E-state index >= 15 is 0 Å². The lowest BCUT2D eigenvalue weighted by Crippen LogP contribution is -2.46. The minimum Gasteiger partial charge on any atom is -0.343 e. The fourth-order valence-corrected chi connectivity index (χ4v) is 2.95. The first-order valence-corrected chi connectivity index (χ1v) is 7.86. The van der Waals surface area contributed by atoms with Gasteiger partial charge in [-0.1, -0.05) is 6.92 Å². The van der Waals surface area contributed by atoms with Crippen molar-refractivity contribution in [3.8, 4) is 0 Å². The van der Waals surface area contributed by atoms with Gasteiger partial charge in [-0.25, -0.2) is 4.98 Å². The lowest BCUT2D eigenvalue weighted by molar-refractivity contribution is -0.122. The molecule has 122 valence electrons. The van der Waals surface area contributed by atoms with E-state index in [0.717, 1.165) is 29.6 Å². The molecule has 0 spiro atoms. The predicted octanol–water partition coefficient (Wildman–Crippen LogP) is 3.04. The molecule has 7 heteroatoms. The molecule has 1 amide bonds. The van der Waals surface area contributed by atoms with E-state index in [9.17, 15) is 4.79 Å². The molecule has 2 rings (SSSR count). The minimum atomic E-state index is -0.350. The van der Waals surface area contributed by atoms with Gasteiger partial charge >= 0.3 is 0 Å². The van der Waals surface area contributed by atoms with E-state index in [2.05, 4.69) is 22.5 Å². The first-order valence-electron chi connectivity index (χ1n) is 6.98. The fraction of sp³-hybridized carbons (Fsp3) is 0.714. The average molecular weight is 354 g/mol. The van der Waals surface area contributed by atoms with Crippen molar-refractivity contribution in [3.63, 3.8) is 0 Å². The van der Waals surface area contributed by atoms with Crippen LogP contribution in [-0.2, 0) is 10.3 Å². The molecular formula is C14H25Cl2N3OS. The highest BCUT2D eigenvalue weighted by atomic mass is 35.5. The van der Waals surface area contributed by atoms with Crippen molar-refractivity contribution in [1.29, 1.82) is 0 Å². The molecule has 0 saturated heterocycles. The second-order valence-corrected chi connectivity index (χ2v) is 6.46. The van der Waals surface area contributed by atoms with Crippen LogP contribution in [0.25, 0.3) is 0 Å². The molecule has 1 saturated carbocycles. The Bertz CT molecular complexity index is 451. The van der Waals surface area contributed by atoms with Crippen molar-refractivity contribution in [3.05, 3.63) is 16.1 Å². The Kier molecular flexibility index (Phi) is 8.78. The van der Waals surface area contributed by atoms with Gasteiger partial charge in [0.05, 0.1) is 12.1 Å². The maximum absolute atomic E-state index is 12.0.